The summed E-state index contributed by atoms with van der Waals surface area (Å²) in [6.45, 7) is 2.87. The molecule has 3 nitrogen and oxygen atoms in total. The van der Waals surface area contributed by atoms with Crippen LogP contribution in [0.2, 0.25) is 0 Å². The van der Waals surface area contributed by atoms with E-state index >= 15 is 0 Å². The minimum Gasteiger partial charge on any atom is -0.389 e. The Morgan fingerprint density at radius 1 is 1.05 bits per heavy atom. The Hall–Kier alpha value is -0.420. The van der Waals surface area contributed by atoms with E-state index in [-0.39, 0.29) is 12.2 Å². The molecule has 0 aromatic heterocycles. The van der Waals surface area contributed by atoms with Crippen molar-refractivity contribution >= 4 is 15.9 Å². The Morgan fingerprint density at radius 3 is 2.41 bits per heavy atom. The lowest BCUT2D eigenvalue weighted by Gasteiger charge is -2.30. The number of nitrogens with zero attached hydrogens (tertiary/aromatic N) is 1. The maximum atomic E-state index is 10.6. The van der Waals surface area contributed by atoms with Crippen molar-refractivity contribution in [3.05, 3.63) is 34.3 Å². The van der Waals surface area contributed by atoms with Crippen molar-refractivity contribution in [3.63, 3.8) is 0 Å². The summed E-state index contributed by atoms with van der Waals surface area (Å²) in [6.07, 6.45) is 6.89. The van der Waals surface area contributed by atoms with Gasteiger partial charge in [-0.25, -0.2) is 0 Å². The van der Waals surface area contributed by atoms with Crippen molar-refractivity contribution in [3.8, 4) is 0 Å². The molecule has 22 heavy (non-hydrogen) atoms. The average Bonchev–Trinajstić information content (AvgIpc) is 2.74. The van der Waals surface area contributed by atoms with Gasteiger partial charge >= 0.3 is 0 Å². The maximum Gasteiger partial charge on any atom is 0.0956 e. The summed E-state index contributed by atoms with van der Waals surface area (Å²) in [5.74, 6) is 0. The van der Waals surface area contributed by atoms with Crippen molar-refractivity contribution in [2.24, 2.45) is 0 Å². The number of halogens is 1. The van der Waals surface area contributed by atoms with Crippen molar-refractivity contribution in [2.45, 2.75) is 63.4 Å². The quantitative estimate of drug-likeness (QED) is 0.879. The van der Waals surface area contributed by atoms with Gasteiger partial charge in [-0.3, -0.25) is 4.90 Å². The largest absolute Gasteiger partial charge is 0.389 e. The Kier molecular flexibility index (Phi) is 5.91. The van der Waals surface area contributed by atoms with Gasteiger partial charge in [0.25, 0.3) is 0 Å². The van der Waals surface area contributed by atoms with Crippen LogP contribution in [0, 0.1) is 0 Å². The summed E-state index contributed by atoms with van der Waals surface area (Å²) in [6, 6.07) is 8.50. The highest BCUT2D eigenvalue weighted by molar-refractivity contribution is 9.10. The van der Waals surface area contributed by atoms with Crippen LogP contribution in [0.1, 0.15) is 44.1 Å². The van der Waals surface area contributed by atoms with E-state index in [0.717, 1.165) is 36.0 Å². The number of rotatable bonds is 4. The van der Waals surface area contributed by atoms with Crippen LogP contribution >= 0.6 is 15.9 Å². The molecule has 1 heterocycles. The van der Waals surface area contributed by atoms with Crippen LogP contribution in [0.4, 0.5) is 0 Å². The number of aliphatic hydroxyl groups excluding tert-OH is 1. The summed E-state index contributed by atoms with van der Waals surface area (Å²) in [5, 5.41) is 10.6. The van der Waals surface area contributed by atoms with E-state index in [1.165, 1.54) is 25.7 Å². The highest BCUT2D eigenvalue weighted by Crippen LogP contribution is 2.29. The second-order valence-corrected chi connectivity index (χ2v) is 7.48. The number of hydrogen-bond donors (Lipinski definition) is 1. The SMILES string of the molecule is O[C@H]1[C@H](N2CCCCCC2)CC[C@H]1OCc1ccc(Br)cc1. The Bertz CT molecular complexity index is 457. The molecule has 0 spiro atoms. The summed E-state index contributed by atoms with van der Waals surface area (Å²) in [5.41, 5.74) is 1.16. The van der Waals surface area contributed by atoms with Gasteiger partial charge in [0.1, 0.15) is 0 Å². The van der Waals surface area contributed by atoms with Crippen molar-refractivity contribution in [2.75, 3.05) is 13.1 Å². The summed E-state index contributed by atoms with van der Waals surface area (Å²) < 4.78 is 7.08. The molecule has 1 aromatic carbocycles. The van der Waals surface area contributed by atoms with E-state index < -0.39 is 0 Å². The standard InChI is InChI=1S/C18H26BrNO2/c19-15-7-5-14(6-8-15)13-22-17-10-9-16(18(17)21)20-11-3-1-2-4-12-20/h5-8,16-18,21H,1-4,9-13H2/t16-,17-,18+/m1/s1. The predicted octanol–water partition coefficient (Wildman–Crippen LogP) is 3.73. The van der Waals surface area contributed by atoms with E-state index in [1.807, 2.05) is 12.1 Å². The fraction of sp³-hybridized carbons (Fsp3) is 0.667. The first kappa shape index (κ1) is 16.4. The van der Waals surface area contributed by atoms with Crippen LogP contribution in [-0.2, 0) is 11.3 Å². The van der Waals surface area contributed by atoms with Crippen LogP contribution in [0.25, 0.3) is 0 Å². The zero-order chi connectivity index (χ0) is 15.4. The van der Waals surface area contributed by atoms with Gasteiger partial charge in [0.2, 0.25) is 0 Å². The molecule has 1 N–H and O–H groups in total. The highest BCUT2D eigenvalue weighted by atomic mass is 79.9. The normalized spacial score (nSPS) is 30.4. The zero-order valence-corrected chi connectivity index (χ0v) is 14.7. The summed E-state index contributed by atoms with van der Waals surface area (Å²) in [7, 11) is 0. The molecule has 1 aliphatic carbocycles. The third-order valence-corrected chi connectivity index (χ3v) is 5.54. The minimum absolute atomic E-state index is 0.0168. The molecule has 0 radical (unpaired) electrons. The molecular weight excluding hydrogens is 342 g/mol. The molecular formula is C18H26BrNO2. The average molecular weight is 368 g/mol. The van der Waals surface area contributed by atoms with Gasteiger partial charge < -0.3 is 9.84 Å². The van der Waals surface area contributed by atoms with E-state index in [1.54, 1.807) is 0 Å². The van der Waals surface area contributed by atoms with Gasteiger partial charge in [0.05, 0.1) is 18.8 Å². The van der Waals surface area contributed by atoms with Gasteiger partial charge in [0.15, 0.2) is 0 Å². The lowest BCUT2D eigenvalue weighted by molar-refractivity contribution is -0.0493. The Labute approximate surface area is 141 Å². The lowest BCUT2D eigenvalue weighted by Crippen LogP contribution is -2.44. The smallest absolute Gasteiger partial charge is 0.0956 e. The number of likely N-dealkylation sites (tertiary alicyclic amines) is 1. The second-order valence-electron chi connectivity index (χ2n) is 6.56. The molecule has 3 rings (SSSR count). The van der Waals surface area contributed by atoms with Crippen molar-refractivity contribution in [1.82, 2.24) is 4.90 Å². The third kappa shape index (κ3) is 4.10. The summed E-state index contributed by atoms with van der Waals surface area (Å²) >= 11 is 3.44. The molecule has 0 bridgehead atoms. The van der Waals surface area contributed by atoms with Crippen LogP contribution in [0.3, 0.4) is 0 Å². The van der Waals surface area contributed by atoms with Gasteiger partial charge in [-0.2, -0.15) is 0 Å². The number of ether oxygens (including phenoxy) is 1. The Morgan fingerprint density at radius 2 is 1.73 bits per heavy atom. The second kappa shape index (κ2) is 7.91. The maximum absolute atomic E-state index is 10.6. The molecule has 4 heteroatoms. The molecule has 1 saturated heterocycles. The molecule has 0 amide bonds. The highest BCUT2D eigenvalue weighted by Gasteiger charge is 2.38. The molecule has 1 aliphatic heterocycles. The first-order valence-electron chi connectivity index (χ1n) is 8.52. The zero-order valence-electron chi connectivity index (χ0n) is 13.1. The summed E-state index contributed by atoms with van der Waals surface area (Å²) in [4.78, 5) is 2.50. The van der Waals surface area contributed by atoms with Gasteiger partial charge in [0, 0.05) is 10.5 Å². The molecule has 2 fully saturated rings. The van der Waals surface area contributed by atoms with Crippen molar-refractivity contribution < 1.29 is 9.84 Å². The van der Waals surface area contributed by atoms with Crippen LogP contribution in [0.5, 0.6) is 0 Å². The number of hydrogen-bond acceptors (Lipinski definition) is 3. The first-order chi connectivity index (χ1) is 10.7. The monoisotopic (exact) mass is 367 g/mol. The first-order valence-corrected chi connectivity index (χ1v) is 9.31. The van der Waals surface area contributed by atoms with E-state index in [2.05, 4.69) is 33.0 Å². The van der Waals surface area contributed by atoms with Crippen LogP contribution < -0.4 is 0 Å². The minimum atomic E-state index is -0.339. The fourth-order valence-corrected chi connectivity index (χ4v) is 3.98. The molecule has 0 unspecified atom stereocenters. The predicted molar refractivity (Wildman–Crippen MR) is 91.8 cm³/mol. The third-order valence-electron chi connectivity index (χ3n) is 5.01. The molecule has 2 aliphatic rings. The van der Waals surface area contributed by atoms with Gasteiger partial charge in [-0.1, -0.05) is 40.9 Å². The van der Waals surface area contributed by atoms with E-state index in [4.69, 9.17) is 4.74 Å². The number of benzene rings is 1. The number of aliphatic hydroxyl groups is 1. The fourth-order valence-electron chi connectivity index (χ4n) is 3.72. The van der Waals surface area contributed by atoms with E-state index in [9.17, 15) is 5.11 Å². The van der Waals surface area contributed by atoms with E-state index in [0.29, 0.717) is 12.6 Å². The molecule has 1 saturated carbocycles. The van der Waals surface area contributed by atoms with Crippen molar-refractivity contribution in [1.29, 1.82) is 0 Å². The topological polar surface area (TPSA) is 32.7 Å². The molecule has 122 valence electrons. The van der Waals surface area contributed by atoms with Crippen LogP contribution in [-0.4, -0.2) is 41.3 Å². The Balaban J connectivity index is 1.52. The van der Waals surface area contributed by atoms with Crippen LogP contribution in [0.15, 0.2) is 28.7 Å². The van der Waals surface area contributed by atoms with Gasteiger partial charge in [-0.15, -0.1) is 0 Å². The lowest BCUT2D eigenvalue weighted by atomic mass is 10.1. The van der Waals surface area contributed by atoms with Gasteiger partial charge in [-0.05, 0) is 56.5 Å². The molecule has 1 aromatic rings. The molecule has 3 atom stereocenters.